The molecule has 0 bridgehead atoms. The fraction of sp³-hybridized carbons (Fsp3) is 0.350. The first-order chi connectivity index (χ1) is 13.2. The lowest BCUT2D eigenvalue weighted by molar-refractivity contribution is 0.0900. The van der Waals surface area contributed by atoms with E-state index in [0.29, 0.717) is 32.0 Å². The molecule has 0 aliphatic carbocycles. The van der Waals surface area contributed by atoms with Gasteiger partial charge in [0.15, 0.2) is 29.1 Å². The second kappa shape index (κ2) is 7.65. The summed E-state index contributed by atoms with van der Waals surface area (Å²) in [4.78, 5) is 14.3. The average molecular weight is 370 g/mol. The Balaban J connectivity index is 1.31. The summed E-state index contributed by atoms with van der Waals surface area (Å²) in [6, 6.07) is 13.1. The third-order valence-electron chi connectivity index (χ3n) is 4.53. The second-order valence-corrected chi connectivity index (χ2v) is 6.39. The molecule has 7 nitrogen and oxygen atoms in total. The van der Waals surface area contributed by atoms with Gasteiger partial charge in [0.05, 0.1) is 6.54 Å². The molecular formula is C20H22N2O5. The molecule has 4 rings (SSSR count). The lowest BCUT2D eigenvalue weighted by Crippen LogP contribution is -2.46. The van der Waals surface area contributed by atoms with Crippen LogP contribution in [0.1, 0.15) is 12.5 Å². The zero-order chi connectivity index (χ0) is 18.6. The summed E-state index contributed by atoms with van der Waals surface area (Å²) in [5, 5.41) is 2.93. The molecule has 2 aromatic carbocycles. The number of hydrogen-bond acceptors (Lipinski definition) is 5. The van der Waals surface area contributed by atoms with Crippen molar-refractivity contribution in [3.05, 3.63) is 48.0 Å². The highest BCUT2D eigenvalue weighted by molar-refractivity contribution is 5.74. The molecule has 0 saturated carbocycles. The molecular weight excluding hydrogens is 348 g/mol. The quantitative estimate of drug-likeness (QED) is 0.877. The molecule has 1 unspecified atom stereocenters. The van der Waals surface area contributed by atoms with Crippen LogP contribution in [0.3, 0.4) is 0 Å². The molecule has 2 aliphatic rings. The van der Waals surface area contributed by atoms with E-state index in [9.17, 15) is 4.79 Å². The maximum atomic E-state index is 12.6. The molecule has 2 heterocycles. The van der Waals surface area contributed by atoms with E-state index in [4.69, 9.17) is 18.9 Å². The van der Waals surface area contributed by atoms with Gasteiger partial charge in [0.25, 0.3) is 0 Å². The highest BCUT2D eigenvalue weighted by atomic mass is 16.7. The van der Waals surface area contributed by atoms with Crippen molar-refractivity contribution in [1.82, 2.24) is 10.2 Å². The van der Waals surface area contributed by atoms with E-state index in [1.165, 1.54) is 0 Å². The molecule has 0 spiro atoms. The lowest BCUT2D eigenvalue weighted by atomic mass is 10.2. The van der Waals surface area contributed by atoms with Crippen LogP contribution in [0, 0.1) is 0 Å². The van der Waals surface area contributed by atoms with Gasteiger partial charge in [0, 0.05) is 13.1 Å². The minimum Gasteiger partial charge on any atom is -0.486 e. The van der Waals surface area contributed by atoms with E-state index in [0.717, 1.165) is 22.8 Å². The van der Waals surface area contributed by atoms with Crippen molar-refractivity contribution in [3.63, 3.8) is 0 Å². The first-order valence-corrected chi connectivity index (χ1v) is 9.02. The number of hydrogen-bond donors (Lipinski definition) is 1. The summed E-state index contributed by atoms with van der Waals surface area (Å²) in [5.74, 6) is 2.89. The Hall–Kier alpha value is -3.09. The number of ether oxygens (including phenoxy) is 4. The smallest absolute Gasteiger partial charge is 0.317 e. The van der Waals surface area contributed by atoms with Crippen LogP contribution in [0.2, 0.25) is 0 Å². The molecule has 1 atom stereocenters. The molecule has 27 heavy (non-hydrogen) atoms. The number of nitrogens with one attached hydrogen (secondary N) is 1. The number of rotatable bonds is 5. The normalized spacial score (nSPS) is 16.7. The SMILES string of the molecule is CCN(Cc1ccc2c(c1)OCO2)C(=O)NCC1COc2ccccc2O1. The van der Waals surface area contributed by atoms with Gasteiger partial charge in [-0.05, 0) is 36.8 Å². The van der Waals surface area contributed by atoms with Gasteiger partial charge in [-0.15, -0.1) is 0 Å². The van der Waals surface area contributed by atoms with Crippen molar-refractivity contribution in [1.29, 1.82) is 0 Å². The maximum Gasteiger partial charge on any atom is 0.317 e. The number of benzene rings is 2. The van der Waals surface area contributed by atoms with Crippen molar-refractivity contribution < 1.29 is 23.7 Å². The molecule has 142 valence electrons. The summed E-state index contributed by atoms with van der Waals surface area (Å²) in [7, 11) is 0. The van der Waals surface area contributed by atoms with Gasteiger partial charge in [-0.1, -0.05) is 18.2 Å². The molecule has 2 aromatic rings. The molecule has 0 radical (unpaired) electrons. The fourth-order valence-corrected chi connectivity index (χ4v) is 3.06. The summed E-state index contributed by atoms with van der Waals surface area (Å²) in [6.07, 6.45) is -0.215. The molecule has 2 amide bonds. The Kier molecular flexibility index (Phi) is 4.91. The van der Waals surface area contributed by atoms with Gasteiger partial charge >= 0.3 is 6.03 Å². The van der Waals surface area contributed by atoms with Crippen molar-refractivity contribution in [2.45, 2.75) is 19.6 Å². The van der Waals surface area contributed by atoms with Gasteiger partial charge in [0.1, 0.15) is 6.61 Å². The van der Waals surface area contributed by atoms with E-state index >= 15 is 0 Å². The summed E-state index contributed by atoms with van der Waals surface area (Å²) < 4.78 is 22.3. The minimum absolute atomic E-state index is 0.141. The Morgan fingerprint density at radius 3 is 2.70 bits per heavy atom. The van der Waals surface area contributed by atoms with Gasteiger partial charge in [-0.25, -0.2) is 4.79 Å². The minimum atomic E-state index is -0.215. The van der Waals surface area contributed by atoms with Crippen LogP contribution in [0.5, 0.6) is 23.0 Å². The Morgan fingerprint density at radius 2 is 1.85 bits per heavy atom. The van der Waals surface area contributed by atoms with Gasteiger partial charge in [-0.2, -0.15) is 0 Å². The predicted molar refractivity (Wildman–Crippen MR) is 98.4 cm³/mol. The van der Waals surface area contributed by atoms with Gasteiger partial charge in [0.2, 0.25) is 6.79 Å². The maximum absolute atomic E-state index is 12.6. The van der Waals surface area contributed by atoms with E-state index in [2.05, 4.69) is 5.32 Å². The molecule has 2 aliphatic heterocycles. The third kappa shape index (κ3) is 3.86. The van der Waals surface area contributed by atoms with Crippen LogP contribution in [0.15, 0.2) is 42.5 Å². The summed E-state index contributed by atoms with van der Waals surface area (Å²) in [5.41, 5.74) is 0.988. The van der Waals surface area contributed by atoms with Gasteiger partial charge in [-0.3, -0.25) is 0 Å². The second-order valence-electron chi connectivity index (χ2n) is 6.39. The van der Waals surface area contributed by atoms with Crippen molar-refractivity contribution in [2.75, 3.05) is 26.5 Å². The van der Waals surface area contributed by atoms with Crippen LogP contribution in [0.4, 0.5) is 4.79 Å². The number of nitrogens with zero attached hydrogens (tertiary/aromatic N) is 1. The van der Waals surface area contributed by atoms with E-state index < -0.39 is 0 Å². The van der Waals surface area contributed by atoms with Crippen molar-refractivity contribution in [2.24, 2.45) is 0 Å². The Morgan fingerprint density at radius 1 is 1.07 bits per heavy atom. The zero-order valence-corrected chi connectivity index (χ0v) is 15.1. The summed E-state index contributed by atoms with van der Waals surface area (Å²) in [6.45, 7) is 4.05. The van der Waals surface area contributed by atoms with Crippen LogP contribution in [-0.2, 0) is 6.54 Å². The average Bonchev–Trinajstić information content (AvgIpc) is 3.18. The van der Waals surface area contributed by atoms with Gasteiger partial charge < -0.3 is 29.2 Å². The standard InChI is InChI=1S/C20H22N2O5/c1-2-22(11-14-7-8-17-19(9-14)26-13-25-17)20(23)21-10-15-12-24-16-5-3-4-6-18(16)27-15/h3-9,15H,2,10-13H2,1H3,(H,21,23). The molecule has 7 heteroatoms. The van der Waals surface area contributed by atoms with Crippen LogP contribution in [-0.4, -0.2) is 43.5 Å². The van der Waals surface area contributed by atoms with Crippen LogP contribution in [0.25, 0.3) is 0 Å². The Labute approximate surface area is 157 Å². The zero-order valence-electron chi connectivity index (χ0n) is 15.1. The predicted octanol–water partition coefficient (Wildman–Crippen LogP) is 2.79. The number of amides is 2. The van der Waals surface area contributed by atoms with E-state index in [1.807, 2.05) is 49.4 Å². The largest absolute Gasteiger partial charge is 0.486 e. The Bertz CT molecular complexity index is 826. The number of fused-ring (bicyclic) bond motifs is 2. The fourth-order valence-electron chi connectivity index (χ4n) is 3.06. The van der Waals surface area contributed by atoms with Crippen molar-refractivity contribution in [3.8, 4) is 23.0 Å². The highest BCUT2D eigenvalue weighted by Crippen LogP contribution is 2.33. The topological polar surface area (TPSA) is 69.3 Å². The third-order valence-corrected chi connectivity index (χ3v) is 4.53. The monoisotopic (exact) mass is 370 g/mol. The number of carbonyl (C=O) groups excluding carboxylic acids is 1. The number of para-hydroxylation sites is 2. The first-order valence-electron chi connectivity index (χ1n) is 9.02. The number of carbonyl (C=O) groups is 1. The van der Waals surface area contributed by atoms with E-state index in [1.54, 1.807) is 4.90 Å². The van der Waals surface area contributed by atoms with Crippen LogP contribution < -0.4 is 24.3 Å². The molecule has 1 N–H and O–H groups in total. The van der Waals surface area contributed by atoms with E-state index in [-0.39, 0.29) is 18.9 Å². The lowest BCUT2D eigenvalue weighted by Gasteiger charge is -2.28. The van der Waals surface area contributed by atoms with Crippen molar-refractivity contribution >= 4 is 6.03 Å². The summed E-state index contributed by atoms with van der Waals surface area (Å²) >= 11 is 0. The molecule has 0 saturated heterocycles. The molecule has 0 aromatic heterocycles. The number of urea groups is 1. The highest BCUT2D eigenvalue weighted by Gasteiger charge is 2.22. The molecule has 0 fully saturated rings. The van der Waals surface area contributed by atoms with Crippen LogP contribution >= 0.6 is 0 Å². The first kappa shape index (κ1) is 17.3.